The zero-order valence-corrected chi connectivity index (χ0v) is 15.9. The van der Waals surface area contributed by atoms with Crippen LogP contribution in [-0.4, -0.2) is 25.1 Å². The number of hydrogen-bond acceptors (Lipinski definition) is 5. The van der Waals surface area contributed by atoms with Crippen LogP contribution in [0.25, 0.3) is 0 Å². The summed E-state index contributed by atoms with van der Waals surface area (Å²) in [5, 5.41) is 2.77. The van der Waals surface area contributed by atoms with E-state index >= 15 is 0 Å². The van der Waals surface area contributed by atoms with Crippen LogP contribution in [0, 0.1) is 5.82 Å². The van der Waals surface area contributed by atoms with Crippen molar-refractivity contribution in [2.24, 2.45) is 0 Å². The van der Waals surface area contributed by atoms with Crippen LogP contribution >= 0.6 is 0 Å². The van der Waals surface area contributed by atoms with Crippen molar-refractivity contribution in [3.05, 3.63) is 89.2 Å². The monoisotopic (exact) mass is 407 g/mol. The molecule has 0 spiro atoms. The number of carbonyl (C=O) groups excluding carboxylic acids is 2. The van der Waals surface area contributed by atoms with Crippen molar-refractivity contribution in [3.8, 4) is 17.2 Å². The molecule has 0 aromatic heterocycles. The van der Waals surface area contributed by atoms with Crippen LogP contribution in [0.2, 0.25) is 0 Å². The molecule has 1 amide bonds. The standard InChI is InChI=1S/C23H18FNO5/c24-18-6-2-16(3-7-18)23(27)17-4-8-19(9-5-17)28-13-22(26)25-12-15-1-10-20-21(11-15)30-14-29-20/h1-11H,12-14H2,(H,25,26). The van der Waals surface area contributed by atoms with Gasteiger partial charge in [-0.2, -0.15) is 0 Å². The summed E-state index contributed by atoms with van der Waals surface area (Å²) in [4.78, 5) is 24.4. The van der Waals surface area contributed by atoms with Crippen molar-refractivity contribution >= 4 is 11.7 Å². The predicted octanol–water partition coefficient (Wildman–Crippen LogP) is 3.48. The van der Waals surface area contributed by atoms with Gasteiger partial charge < -0.3 is 19.5 Å². The van der Waals surface area contributed by atoms with Crippen molar-refractivity contribution in [3.63, 3.8) is 0 Å². The second kappa shape index (κ2) is 8.65. The first-order chi connectivity index (χ1) is 14.6. The van der Waals surface area contributed by atoms with Gasteiger partial charge in [0, 0.05) is 17.7 Å². The van der Waals surface area contributed by atoms with E-state index in [0.717, 1.165) is 5.56 Å². The van der Waals surface area contributed by atoms with Crippen molar-refractivity contribution in [2.45, 2.75) is 6.54 Å². The van der Waals surface area contributed by atoms with Gasteiger partial charge in [-0.3, -0.25) is 9.59 Å². The average molecular weight is 407 g/mol. The highest BCUT2D eigenvalue weighted by Gasteiger charge is 2.14. The Morgan fingerprint density at radius 2 is 1.57 bits per heavy atom. The minimum Gasteiger partial charge on any atom is -0.484 e. The molecular weight excluding hydrogens is 389 g/mol. The maximum Gasteiger partial charge on any atom is 0.258 e. The van der Waals surface area contributed by atoms with Gasteiger partial charge in [0.15, 0.2) is 23.9 Å². The minimum atomic E-state index is -0.396. The molecule has 4 rings (SSSR count). The van der Waals surface area contributed by atoms with Gasteiger partial charge in [-0.05, 0) is 66.2 Å². The molecule has 0 aliphatic carbocycles. The summed E-state index contributed by atoms with van der Waals surface area (Å²) in [5.74, 6) is 0.918. The molecule has 30 heavy (non-hydrogen) atoms. The molecule has 0 unspecified atom stereocenters. The summed E-state index contributed by atoms with van der Waals surface area (Å²) in [6.07, 6.45) is 0. The fourth-order valence-electron chi connectivity index (χ4n) is 2.92. The lowest BCUT2D eigenvalue weighted by molar-refractivity contribution is -0.123. The Morgan fingerprint density at radius 1 is 0.900 bits per heavy atom. The summed E-state index contributed by atoms with van der Waals surface area (Å²) in [6.45, 7) is 0.382. The Hall–Kier alpha value is -3.87. The molecule has 1 aliphatic rings. The highest BCUT2D eigenvalue weighted by Crippen LogP contribution is 2.32. The number of fused-ring (bicyclic) bond motifs is 1. The van der Waals surface area contributed by atoms with Crippen LogP contribution < -0.4 is 19.5 Å². The van der Waals surface area contributed by atoms with E-state index < -0.39 is 5.82 Å². The first-order valence-electron chi connectivity index (χ1n) is 9.27. The lowest BCUT2D eigenvalue weighted by atomic mass is 10.0. The van der Waals surface area contributed by atoms with E-state index in [-0.39, 0.29) is 25.1 Å². The zero-order chi connectivity index (χ0) is 20.9. The molecule has 0 saturated heterocycles. The van der Waals surface area contributed by atoms with E-state index in [0.29, 0.717) is 34.9 Å². The second-order valence-electron chi connectivity index (χ2n) is 6.61. The molecule has 0 radical (unpaired) electrons. The van der Waals surface area contributed by atoms with Crippen LogP contribution in [0.1, 0.15) is 21.5 Å². The molecule has 3 aromatic rings. The van der Waals surface area contributed by atoms with Gasteiger partial charge in [0.2, 0.25) is 6.79 Å². The number of halogens is 1. The van der Waals surface area contributed by atoms with Crippen LogP contribution in [-0.2, 0) is 11.3 Å². The lowest BCUT2D eigenvalue weighted by Crippen LogP contribution is -2.28. The largest absolute Gasteiger partial charge is 0.484 e. The van der Waals surface area contributed by atoms with Crippen molar-refractivity contribution in [1.82, 2.24) is 5.32 Å². The molecule has 152 valence electrons. The number of ether oxygens (including phenoxy) is 3. The number of nitrogens with one attached hydrogen (secondary N) is 1. The number of ketones is 1. The summed E-state index contributed by atoms with van der Waals surface area (Å²) >= 11 is 0. The van der Waals surface area contributed by atoms with Crippen LogP contribution in [0.3, 0.4) is 0 Å². The summed E-state index contributed by atoms with van der Waals surface area (Å²) < 4.78 is 29.0. The highest BCUT2D eigenvalue weighted by atomic mass is 19.1. The number of hydrogen-bond donors (Lipinski definition) is 1. The van der Waals surface area contributed by atoms with Gasteiger partial charge in [0.25, 0.3) is 5.91 Å². The number of amides is 1. The van der Waals surface area contributed by atoms with Gasteiger partial charge in [0.05, 0.1) is 0 Å². The van der Waals surface area contributed by atoms with Gasteiger partial charge in [-0.25, -0.2) is 4.39 Å². The Morgan fingerprint density at radius 3 is 2.30 bits per heavy atom. The van der Waals surface area contributed by atoms with E-state index in [1.165, 1.54) is 24.3 Å². The van der Waals surface area contributed by atoms with Crippen molar-refractivity contribution < 1.29 is 28.2 Å². The van der Waals surface area contributed by atoms with E-state index in [4.69, 9.17) is 14.2 Å². The van der Waals surface area contributed by atoms with Crippen LogP contribution in [0.4, 0.5) is 4.39 Å². The maximum absolute atomic E-state index is 13.0. The molecule has 3 aromatic carbocycles. The van der Waals surface area contributed by atoms with E-state index in [1.807, 2.05) is 12.1 Å². The molecule has 0 atom stereocenters. The molecule has 1 aliphatic heterocycles. The Bertz CT molecular complexity index is 1060. The molecule has 0 fully saturated rings. The van der Waals surface area contributed by atoms with Gasteiger partial charge in [0.1, 0.15) is 11.6 Å². The first kappa shape index (κ1) is 19.4. The van der Waals surface area contributed by atoms with Gasteiger partial charge >= 0.3 is 0 Å². The molecule has 6 nitrogen and oxygen atoms in total. The Labute approximate surface area is 172 Å². The molecule has 0 saturated carbocycles. The predicted molar refractivity (Wildman–Crippen MR) is 106 cm³/mol. The molecular formula is C23H18FNO5. The summed E-state index contributed by atoms with van der Waals surface area (Å²) in [5.41, 5.74) is 1.73. The topological polar surface area (TPSA) is 73.9 Å². The SMILES string of the molecule is O=C(COc1ccc(C(=O)c2ccc(F)cc2)cc1)NCc1ccc2c(c1)OCO2. The number of rotatable bonds is 7. The third kappa shape index (κ3) is 4.57. The first-order valence-corrected chi connectivity index (χ1v) is 9.27. The van der Waals surface area contributed by atoms with E-state index in [2.05, 4.69) is 5.32 Å². The highest BCUT2D eigenvalue weighted by molar-refractivity contribution is 6.09. The van der Waals surface area contributed by atoms with Crippen LogP contribution in [0.15, 0.2) is 66.7 Å². The van der Waals surface area contributed by atoms with Crippen molar-refractivity contribution in [1.29, 1.82) is 0 Å². The average Bonchev–Trinajstić information content (AvgIpc) is 3.24. The Kier molecular flexibility index (Phi) is 5.61. The summed E-state index contributed by atoms with van der Waals surface area (Å²) in [7, 11) is 0. The van der Waals surface area contributed by atoms with E-state index in [1.54, 1.807) is 30.3 Å². The quantitative estimate of drug-likeness (QED) is 0.607. The normalized spacial score (nSPS) is 11.8. The van der Waals surface area contributed by atoms with Gasteiger partial charge in [-0.15, -0.1) is 0 Å². The Balaban J connectivity index is 1.27. The molecule has 1 N–H and O–H groups in total. The second-order valence-corrected chi connectivity index (χ2v) is 6.61. The third-order valence-corrected chi connectivity index (χ3v) is 4.52. The van der Waals surface area contributed by atoms with Crippen LogP contribution in [0.5, 0.6) is 17.2 Å². The molecule has 7 heteroatoms. The zero-order valence-electron chi connectivity index (χ0n) is 15.9. The smallest absolute Gasteiger partial charge is 0.258 e. The fourth-order valence-corrected chi connectivity index (χ4v) is 2.92. The third-order valence-electron chi connectivity index (χ3n) is 4.52. The number of carbonyl (C=O) groups is 2. The fraction of sp³-hybridized carbons (Fsp3) is 0.130. The molecule has 1 heterocycles. The minimum absolute atomic E-state index is 0.157. The number of benzene rings is 3. The van der Waals surface area contributed by atoms with E-state index in [9.17, 15) is 14.0 Å². The van der Waals surface area contributed by atoms with Crippen molar-refractivity contribution in [2.75, 3.05) is 13.4 Å². The van der Waals surface area contributed by atoms with Gasteiger partial charge in [-0.1, -0.05) is 6.07 Å². The summed E-state index contributed by atoms with van der Waals surface area (Å²) in [6, 6.07) is 17.3. The maximum atomic E-state index is 13.0. The lowest BCUT2D eigenvalue weighted by Gasteiger charge is -2.09. The molecule has 0 bridgehead atoms.